The molecule has 1 aromatic rings. The van der Waals surface area contributed by atoms with Crippen LogP contribution in [-0.4, -0.2) is 15.9 Å². The van der Waals surface area contributed by atoms with E-state index in [1.165, 1.54) is 11.1 Å². The fourth-order valence-electron chi connectivity index (χ4n) is 2.85. The molecule has 3 nitrogen and oxygen atoms in total. The molecule has 100 valence electrons. The predicted octanol–water partition coefficient (Wildman–Crippen LogP) is 3.45. The zero-order valence-corrected chi connectivity index (χ0v) is 11.6. The molecule has 0 heterocycles. The van der Waals surface area contributed by atoms with E-state index in [-0.39, 0.29) is 12.1 Å². The van der Waals surface area contributed by atoms with Gasteiger partial charge in [0.2, 0.25) is 0 Å². The molecule has 18 heavy (non-hydrogen) atoms. The van der Waals surface area contributed by atoms with Gasteiger partial charge in [0.1, 0.15) is 0 Å². The van der Waals surface area contributed by atoms with E-state index in [0.29, 0.717) is 5.92 Å². The average molecular weight is 268 g/mol. The van der Waals surface area contributed by atoms with Crippen LogP contribution in [0, 0.1) is 12.8 Å². The number of rotatable bonds is 3. The summed E-state index contributed by atoms with van der Waals surface area (Å²) in [7, 11) is -3.83. The van der Waals surface area contributed by atoms with Crippen LogP contribution in [0.1, 0.15) is 42.7 Å². The van der Waals surface area contributed by atoms with Gasteiger partial charge in [-0.25, -0.2) is 0 Å². The molecule has 2 N–H and O–H groups in total. The van der Waals surface area contributed by atoms with Crippen LogP contribution in [0.25, 0.3) is 0 Å². The van der Waals surface area contributed by atoms with Gasteiger partial charge in [-0.3, -0.25) is 4.57 Å². The summed E-state index contributed by atoms with van der Waals surface area (Å²) in [5.74, 6) is 0.770. The first-order chi connectivity index (χ1) is 8.44. The molecule has 0 saturated heterocycles. The zero-order chi connectivity index (χ0) is 13.2. The van der Waals surface area contributed by atoms with Gasteiger partial charge in [0, 0.05) is 0 Å². The Kier molecular flexibility index (Phi) is 4.26. The third-order valence-electron chi connectivity index (χ3n) is 3.89. The molecule has 1 aliphatic carbocycles. The molecule has 1 fully saturated rings. The van der Waals surface area contributed by atoms with Crippen molar-refractivity contribution in [1.29, 1.82) is 0 Å². The number of hydrogen-bond donors (Lipinski definition) is 2. The van der Waals surface area contributed by atoms with Crippen molar-refractivity contribution >= 4 is 7.60 Å². The van der Waals surface area contributed by atoms with Gasteiger partial charge >= 0.3 is 7.60 Å². The summed E-state index contributed by atoms with van der Waals surface area (Å²) in [6, 6.07) is 8.64. The van der Waals surface area contributed by atoms with Crippen LogP contribution in [0.4, 0.5) is 0 Å². The Hall–Kier alpha value is -0.630. The lowest BCUT2D eigenvalue weighted by Crippen LogP contribution is -2.16. The van der Waals surface area contributed by atoms with E-state index in [4.69, 9.17) is 9.79 Å². The van der Waals surface area contributed by atoms with Gasteiger partial charge < -0.3 is 9.79 Å². The molecule has 0 aliphatic heterocycles. The minimum atomic E-state index is -3.83. The summed E-state index contributed by atoms with van der Waals surface area (Å²) in [4.78, 5) is 18.0. The molecule has 0 spiro atoms. The molecule has 1 saturated carbocycles. The molecule has 0 unspecified atom stereocenters. The Morgan fingerprint density at radius 2 is 1.67 bits per heavy atom. The van der Waals surface area contributed by atoms with Crippen molar-refractivity contribution in [3.05, 3.63) is 35.4 Å². The maximum atomic E-state index is 11.0. The zero-order valence-electron chi connectivity index (χ0n) is 10.7. The number of aryl methyl sites for hydroxylation is 1. The first-order valence-corrected chi connectivity index (χ1v) is 8.35. The summed E-state index contributed by atoms with van der Waals surface area (Å²) >= 11 is 0. The highest BCUT2D eigenvalue weighted by Gasteiger charge is 2.27. The fourth-order valence-corrected chi connectivity index (χ4v) is 3.89. The van der Waals surface area contributed by atoms with E-state index >= 15 is 0 Å². The highest BCUT2D eigenvalue weighted by atomic mass is 31.2. The van der Waals surface area contributed by atoms with Crippen LogP contribution in [0.15, 0.2) is 24.3 Å². The van der Waals surface area contributed by atoms with Crippen molar-refractivity contribution in [2.45, 2.75) is 38.5 Å². The lowest BCUT2D eigenvalue weighted by molar-refractivity contribution is 0.316. The Bertz CT molecular complexity index is 427. The average Bonchev–Trinajstić information content (AvgIpc) is 2.29. The van der Waals surface area contributed by atoms with Crippen molar-refractivity contribution < 1.29 is 14.4 Å². The normalized spacial score (nSPS) is 25.1. The second-order valence-corrected chi connectivity index (χ2v) is 7.17. The topological polar surface area (TPSA) is 57.5 Å². The number of benzene rings is 1. The molecule has 0 atom stereocenters. The third kappa shape index (κ3) is 3.94. The largest absolute Gasteiger partial charge is 0.325 e. The molecule has 2 rings (SSSR count). The Balaban J connectivity index is 1.90. The standard InChI is InChI=1S/C14H21O3P/c1-11-2-6-13(7-3-11)14-8-4-12(5-9-14)10-18(15,16)17/h2-3,6-7,12,14H,4-5,8-10H2,1H3,(H2,15,16,17). The first-order valence-electron chi connectivity index (χ1n) is 6.55. The highest BCUT2D eigenvalue weighted by molar-refractivity contribution is 7.51. The van der Waals surface area contributed by atoms with E-state index in [1.807, 2.05) is 0 Å². The second kappa shape index (κ2) is 5.56. The molecular formula is C14H21O3P. The Morgan fingerprint density at radius 1 is 1.11 bits per heavy atom. The SMILES string of the molecule is Cc1ccc(C2CCC(CP(=O)(O)O)CC2)cc1. The molecule has 0 amide bonds. The van der Waals surface area contributed by atoms with Crippen LogP contribution in [0.2, 0.25) is 0 Å². The van der Waals surface area contributed by atoms with E-state index in [2.05, 4.69) is 31.2 Å². The molecule has 4 heteroatoms. The van der Waals surface area contributed by atoms with Crippen molar-refractivity contribution in [2.24, 2.45) is 5.92 Å². The molecule has 0 aromatic heterocycles. The van der Waals surface area contributed by atoms with Crippen LogP contribution >= 0.6 is 7.60 Å². The van der Waals surface area contributed by atoms with Gasteiger partial charge in [-0.05, 0) is 50.0 Å². The van der Waals surface area contributed by atoms with Crippen molar-refractivity contribution in [3.8, 4) is 0 Å². The quantitative estimate of drug-likeness (QED) is 0.825. The van der Waals surface area contributed by atoms with Gasteiger partial charge in [0.25, 0.3) is 0 Å². The molecule has 0 radical (unpaired) electrons. The van der Waals surface area contributed by atoms with Crippen molar-refractivity contribution in [2.75, 3.05) is 6.16 Å². The summed E-state index contributed by atoms with van der Waals surface area (Å²) in [6.45, 7) is 2.08. The van der Waals surface area contributed by atoms with Gasteiger partial charge in [0.05, 0.1) is 6.16 Å². The first kappa shape index (κ1) is 13.8. The van der Waals surface area contributed by atoms with Gasteiger partial charge in [-0.2, -0.15) is 0 Å². The molecule has 0 bridgehead atoms. The maximum Gasteiger partial charge on any atom is 0.325 e. The van der Waals surface area contributed by atoms with Crippen LogP contribution in [0.3, 0.4) is 0 Å². The van der Waals surface area contributed by atoms with E-state index in [9.17, 15) is 4.57 Å². The minimum absolute atomic E-state index is 0.0631. The molecule has 1 aliphatic rings. The Labute approximate surface area is 108 Å². The van der Waals surface area contributed by atoms with Gasteiger partial charge in [-0.1, -0.05) is 29.8 Å². The van der Waals surface area contributed by atoms with Crippen LogP contribution in [0.5, 0.6) is 0 Å². The van der Waals surface area contributed by atoms with E-state index < -0.39 is 7.60 Å². The van der Waals surface area contributed by atoms with Crippen LogP contribution in [-0.2, 0) is 4.57 Å². The summed E-state index contributed by atoms with van der Waals surface area (Å²) < 4.78 is 11.0. The maximum absolute atomic E-state index is 11.0. The van der Waals surface area contributed by atoms with Crippen molar-refractivity contribution in [1.82, 2.24) is 0 Å². The smallest absolute Gasteiger partial charge is 0.324 e. The van der Waals surface area contributed by atoms with Crippen molar-refractivity contribution in [3.63, 3.8) is 0 Å². The van der Waals surface area contributed by atoms with Gasteiger partial charge in [0.15, 0.2) is 0 Å². The second-order valence-electron chi connectivity index (χ2n) is 5.48. The third-order valence-corrected chi connectivity index (χ3v) is 4.88. The van der Waals surface area contributed by atoms with Gasteiger partial charge in [-0.15, -0.1) is 0 Å². The van der Waals surface area contributed by atoms with E-state index in [1.54, 1.807) is 0 Å². The highest BCUT2D eigenvalue weighted by Crippen LogP contribution is 2.44. The van der Waals surface area contributed by atoms with Crippen LogP contribution < -0.4 is 0 Å². The minimum Gasteiger partial charge on any atom is -0.324 e. The summed E-state index contributed by atoms with van der Waals surface area (Å²) in [5, 5.41) is 0. The lowest BCUT2D eigenvalue weighted by Gasteiger charge is -2.29. The predicted molar refractivity (Wildman–Crippen MR) is 72.8 cm³/mol. The summed E-state index contributed by atoms with van der Waals surface area (Å²) in [5.41, 5.74) is 2.64. The van der Waals surface area contributed by atoms with E-state index in [0.717, 1.165) is 25.7 Å². The summed E-state index contributed by atoms with van der Waals surface area (Å²) in [6.07, 6.45) is 4.03. The molecular weight excluding hydrogens is 247 g/mol. The number of hydrogen-bond acceptors (Lipinski definition) is 1. The Morgan fingerprint density at radius 3 is 2.17 bits per heavy atom. The fraction of sp³-hybridized carbons (Fsp3) is 0.571. The molecule has 1 aromatic carbocycles. The lowest BCUT2D eigenvalue weighted by atomic mass is 9.79. The monoisotopic (exact) mass is 268 g/mol.